The molecule has 5 nitrogen and oxygen atoms in total. The van der Waals surface area contributed by atoms with Crippen molar-refractivity contribution < 1.29 is 9.72 Å². The molecular formula is C19H19ClN2O3S. The van der Waals surface area contributed by atoms with Crippen LogP contribution in [-0.4, -0.2) is 28.0 Å². The second kappa shape index (κ2) is 7.68. The normalized spacial score (nSPS) is 14.7. The van der Waals surface area contributed by atoms with Crippen LogP contribution in [0.4, 0.5) is 5.69 Å². The molecule has 1 fully saturated rings. The molecule has 0 spiro atoms. The smallest absolute Gasteiger partial charge is 0.283 e. The van der Waals surface area contributed by atoms with Gasteiger partial charge in [-0.3, -0.25) is 14.9 Å². The van der Waals surface area contributed by atoms with Crippen LogP contribution in [0.2, 0.25) is 5.02 Å². The lowest BCUT2D eigenvalue weighted by molar-refractivity contribution is -0.387. The summed E-state index contributed by atoms with van der Waals surface area (Å²) in [5, 5.41) is 12.0. The van der Waals surface area contributed by atoms with E-state index in [9.17, 15) is 14.9 Å². The second-order valence-electron chi connectivity index (χ2n) is 6.31. The van der Waals surface area contributed by atoms with Gasteiger partial charge in [0.15, 0.2) is 0 Å². The molecule has 0 saturated heterocycles. The summed E-state index contributed by atoms with van der Waals surface area (Å²) < 4.78 is 0. The molecular weight excluding hydrogens is 372 g/mol. The van der Waals surface area contributed by atoms with Crippen molar-refractivity contribution in [2.75, 3.05) is 6.26 Å². The van der Waals surface area contributed by atoms with Crippen LogP contribution in [0.15, 0.2) is 47.4 Å². The first-order chi connectivity index (χ1) is 12.4. The molecule has 136 valence electrons. The van der Waals surface area contributed by atoms with Gasteiger partial charge in [0.2, 0.25) is 0 Å². The Bertz CT molecular complexity index is 837. The maximum atomic E-state index is 13.2. The van der Waals surface area contributed by atoms with Gasteiger partial charge >= 0.3 is 0 Å². The van der Waals surface area contributed by atoms with Crippen LogP contribution in [0.3, 0.4) is 0 Å². The van der Waals surface area contributed by atoms with Gasteiger partial charge < -0.3 is 4.90 Å². The van der Waals surface area contributed by atoms with Crippen molar-refractivity contribution in [1.82, 2.24) is 4.90 Å². The molecule has 0 aromatic heterocycles. The Kier molecular flexibility index (Phi) is 5.53. The lowest BCUT2D eigenvalue weighted by atomic mass is 10.0. The quantitative estimate of drug-likeness (QED) is 0.379. The maximum Gasteiger partial charge on any atom is 0.283 e. The number of rotatable bonds is 6. The second-order valence-corrected chi connectivity index (χ2v) is 7.60. The summed E-state index contributed by atoms with van der Waals surface area (Å²) in [4.78, 5) is 26.4. The number of nitrogens with zero attached hydrogens (tertiary/aromatic N) is 2. The minimum atomic E-state index is -0.438. The van der Waals surface area contributed by atoms with Gasteiger partial charge in [0.25, 0.3) is 11.6 Å². The number of nitro benzene ring substituents is 1. The van der Waals surface area contributed by atoms with E-state index in [-0.39, 0.29) is 23.7 Å². The topological polar surface area (TPSA) is 63.5 Å². The molecule has 1 amide bonds. The summed E-state index contributed by atoms with van der Waals surface area (Å²) in [5.41, 5.74) is 1.31. The molecule has 0 N–H and O–H groups in total. The fourth-order valence-corrected chi connectivity index (χ4v) is 3.70. The van der Waals surface area contributed by atoms with Crippen molar-refractivity contribution >= 4 is 35.0 Å². The van der Waals surface area contributed by atoms with Crippen molar-refractivity contribution in [3.8, 4) is 0 Å². The Morgan fingerprint density at radius 1 is 1.27 bits per heavy atom. The fourth-order valence-electron chi connectivity index (χ4n) is 3.03. The highest BCUT2D eigenvalue weighted by atomic mass is 35.5. The summed E-state index contributed by atoms with van der Waals surface area (Å²) in [6.07, 6.45) is 3.69. The highest BCUT2D eigenvalue weighted by molar-refractivity contribution is 7.98. The van der Waals surface area contributed by atoms with E-state index in [1.54, 1.807) is 30.5 Å². The predicted molar refractivity (Wildman–Crippen MR) is 104 cm³/mol. The minimum absolute atomic E-state index is 0.0294. The first-order valence-corrected chi connectivity index (χ1v) is 9.93. The van der Waals surface area contributed by atoms with Crippen LogP contribution >= 0.6 is 23.4 Å². The summed E-state index contributed by atoms with van der Waals surface area (Å²) in [6.45, 7) is 1.98. The number of benzene rings is 2. The first-order valence-electron chi connectivity index (χ1n) is 8.33. The monoisotopic (exact) mass is 390 g/mol. The average Bonchev–Trinajstić information content (AvgIpc) is 3.46. The van der Waals surface area contributed by atoms with E-state index >= 15 is 0 Å². The van der Waals surface area contributed by atoms with Crippen LogP contribution < -0.4 is 0 Å². The average molecular weight is 391 g/mol. The Balaban J connectivity index is 1.93. The molecule has 0 radical (unpaired) electrons. The minimum Gasteiger partial charge on any atom is -0.329 e. The highest BCUT2D eigenvalue weighted by Gasteiger charge is 2.37. The lowest BCUT2D eigenvalue weighted by Crippen LogP contribution is -2.35. The summed E-state index contributed by atoms with van der Waals surface area (Å²) in [6, 6.07) is 12.2. The van der Waals surface area contributed by atoms with Gasteiger partial charge in [-0.05, 0) is 55.9 Å². The van der Waals surface area contributed by atoms with Crippen LogP contribution in [0, 0.1) is 10.1 Å². The van der Waals surface area contributed by atoms with Gasteiger partial charge in [0, 0.05) is 22.7 Å². The number of carbonyl (C=O) groups excluding carboxylic acids is 1. The number of hydrogen-bond donors (Lipinski definition) is 0. The Labute approximate surface area is 161 Å². The molecule has 26 heavy (non-hydrogen) atoms. The maximum absolute atomic E-state index is 13.2. The molecule has 0 aliphatic heterocycles. The third-order valence-corrected chi connectivity index (χ3v) is 5.60. The van der Waals surface area contributed by atoms with Crippen molar-refractivity contribution in [2.24, 2.45) is 0 Å². The van der Waals surface area contributed by atoms with Crippen LogP contribution in [0.1, 0.15) is 41.7 Å². The van der Waals surface area contributed by atoms with E-state index < -0.39 is 4.92 Å². The number of carbonyl (C=O) groups is 1. The van der Waals surface area contributed by atoms with E-state index in [1.807, 2.05) is 24.0 Å². The Morgan fingerprint density at radius 3 is 2.46 bits per heavy atom. The van der Waals surface area contributed by atoms with Gasteiger partial charge in [-0.15, -0.1) is 11.8 Å². The Morgan fingerprint density at radius 2 is 1.92 bits per heavy atom. The molecule has 0 bridgehead atoms. The third-order valence-electron chi connectivity index (χ3n) is 4.57. The van der Waals surface area contributed by atoms with Gasteiger partial charge in [0.1, 0.15) is 0 Å². The van der Waals surface area contributed by atoms with Gasteiger partial charge in [-0.2, -0.15) is 0 Å². The first kappa shape index (κ1) is 18.7. The molecule has 1 atom stereocenters. The van der Waals surface area contributed by atoms with E-state index in [2.05, 4.69) is 0 Å². The molecule has 0 heterocycles. The SMILES string of the molecule is CSc1ccc(C(=O)N(C2CC2)C(C)c2ccc(Cl)cc2)cc1[N+](=O)[O-]. The zero-order valence-electron chi connectivity index (χ0n) is 14.5. The molecule has 1 aliphatic carbocycles. The van der Waals surface area contributed by atoms with Crippen molar-refractivity contribution in [3.05, 3.63) is 68.7 Å². The fraction of sp³-hybridized carbons (Fsp3) is 0.316. The van der Waals surface area contributed by atoms with Crippen LogP contribution in [0.5, 0.6) is 0 Å². The molecule has 1 saturated carbocycles. The molecule has 7 heteroatoms. The lowest BCUT2D eigenvalue weighted by Gasteiger charge is -2.30. The standard InChI is InChI=1S/C19H19ClN2O3S/c1-12(13-3-6-15(20)7-4-13)21(16-8-9-16)19(23)14-5-10-18(26-2)17(11-14)22(24)25/h3-7,10-12,16H,8-9H2,1-2H3. The number of amides is 1. The number of thioether (sulfide) groups is 1. The molecule has 2 aromatic carbocycles. The highest BCUT2D eigenvalue weighted by Crippen LogP contribution is 2.37. The van der Waals surface area contributed by atoms with Gasteiger partial charge in [-0.1, -0.05) is 23.7 Å². The number of halogens is 1. The summed E-state index contributed by atoms with van der Waals surface area (Å²) in [7, 11) is 0. The number of hydrogen-bond acceptors (Lipinski definition) is 4. The van der Waals surface area contributed by atoms with E-state index in [4.69, 9.17) is 11.6 Å². The molecule has 1 aliphatic rings. The van der Waals surface area contributed by atoms with Crippen LogP contribution in [0.25, 0.3) is 0 Å². The van der Waals surface area contributed by atoms with Crippen molar-refractivity contribution in [3.63, 3.8) is 0 Å². The Hall–Kier alpha value is -2.05. The van der Waals surface area contributed by atoms with Gasteiger partial charge in [-0.25, -0.2) is 0 Å². The molecule has 1 unspecified atom stereocenters. The van der Waals surface area contributed by atoms with Crippen molar-refractivity contribution in [2.45, 2.75) is 36.7 Å². The van der Waals surface area contributed by atoms with Crippen molar-refractivity contribution in [1.29, 1.82) is 0 Å². The molecule has 2 aromatic rings. The zero-order valence-corrected chi connectivity index (χ0v) is 16.1. The van der Waals surface area contributed by atoms with Gasteiger partial charge in [0.05, 0.1) is 15.9 Å². The summed E-state index contributed by atoms with van der Waals surface area (Å²) in [5.74, 6) is -0.175. The van der Waals surface area contributed by atoms with E-state index in [0.717, 1.165) is 18.4 Å². The van der Waals surface area contributed by atoms with Crippen LogP contribution in [-0.2, 0) is 0 Å². The number of nitro groups is 1. The molecule has 3 rings (SSSR count). The third kappa shape index (κ3) is 3.86. The predicted octanol–water partition coefficient (Wildman–Crippen LogP) is 5.34. The zero-order chi connectivity index (χ0) is 18.8. The van der Waals surface area contributed by atoms with E-state index in [1.165, 1.54) is 17.8 Å². The summed E-state index contributed by atoms with van der Waals surface area (Å²) >= 11 is 7.26. The largest absolute Gasteiger partial charge is 0.329 e. The van der Waals surface area contributed by atoms with E-state index in [0.29, 0.717) is 15.5 Å².